The van der Waals surface area contributed by atoms with Crippen LogP contribution < -0.4 is 10.6 Å². The molecule has 0 amide bonds. The molecule has 2 heterocycles. The molecule has 142 valence electrons. The number of fused-ring (bicyclic) bond motifs is 1. The van der Waals surface area contributed by atoms with Gasteiger partial charge in [0.25, 0.3) is 0 Å². The zero-order valence-corrected chi connectivity index (χ0v) is 16.0. The van der Waals surface area contributed by atoms with Gasteiger partial charge in [-0.15, -0.1) is 0 Å². The fraction of sp³-hybridized carbons (Fsp3) is 0.579. The third kappa shape index (κ3) is 4.74. The highest BCUT2D eigenvalue weighted by molar-refractivity contribution is 5.79. The van der Waals surface area contributed by atoms with Crippen molar-refractivity contribution in [1.29, 1.82) is 0 Å². The van der Waals surface area contributed by atoms with Gasteiger partial charge in [-0.25, -0.2) is 4.98 Å². The van der Waals surface area contributed by atoms with Gasteiger partial charge in [0.1, 0.15) is 5.82 Å². The van der Waals surface area contributed by atoms with Crippen molar-refractivity contribution in [1.82, 2.24) is 25.5 Å². The number of rotatable bonds is 6. The summed E-state index contributed by atoms with van der Waals surface area (Å²) in [6.07, 6.45) is 0.822. The Hall–Kier alpha value is -2.12. The zero-order valence-electron chi connectivity index (χ0n) is 16.0. The largest absolute Gasteiger partial charge is 0.379 e. The number of morpholine rings is 1. The van der Waals surface area contributed by atoms with E-state index in [4.69, 9.17) is 4.74 Å². The molecule has 1 aliphatic rings. The van der Waals surface area contributed by atoms with Gasteiger partial charge in [-0.05, 0) is 26.0 Å². The minimum absolute atomic E-state index is 0.0557. The van der Waals surface area contributed by atoms with E-state index in [-0.39, 0.29) is 5.54 Å². The summed E-state index contributed by atoms with van der Waals surface area (Å²) in [5.74, 6) is 1.81. The molecule has 7 heteroatoms. The molecule has 3 N–H and O–H groups in total. The average Bonchev–Trinajstić information content (AvgIpc) is 3.08. The molecular weight excluding hydrogens is 328 g/mol. The predicted molar refractivity (Wildman–Crippen MR) is 106 cm³/mol. The summed E-state index contributed by atoms with van der Waals surface area (Å²) in [5, 5.41) is 6.82. The number of nitrogens with one attached hydrogen (secondary N) is 3. The van der Waals surface area contributed by atoms with Gasteiger partial charge in [-0.1, -0.05) is 12.1 Å². The number of para-hydroxylation sites is 2. The number of nitrogens with zero attached hydrogens (tertiary/aromatic N) is 3. The Morgan fingerprint density at radius 3 is 2.77 bits per heavy atom. The molecule has 7 nitrogen and oxygen atoms in total. The van der Waals surface area contributed by atoms with E-state index in [1.54, 1.807) is 7.05 Å². The molecule has 1 aliphatic heterocycles. The molecule has 0 saturated carbocycles. The van der Waals surface area contributed by atoms with Crippen LogP contribution in [-0.4, -0.2) is 72.8 Å². The number of aromatic amines is 1. The van der Waals surface area contributed by atoms with Gasteiger partial charge in [0, 0.05) is 45.2 Å². The standard InChI is InChI=1S/C19H30N6O/c1-19(2,25-10-12-26-13-11-25)14-22-18(20-3)21-9-8-17-23-15-6-4-5-7-16(15)24-17/h4-7H,8-14H2,1-3H3,(H,23,24)(H2,20,21,22). The van der Waals surface area contributed by atoms with Gasteiger partial charge in [0.05, 0.1) is 24.2 Å². The number of aromatic nitrogens is 2. The summed E-state index contributed by atoms with van der Waals surface area (Å²) in [6, 6.07) is 8.10. The molecule has 3 rings (SSSR count). The number of hydrogen-bond donors (Lipinski definition) is 3. The first-order valence-electron chi connectivity index (χ1n) is 9.29. The van der Waals surface area contributed by atoms with E-state index in [0.717, 1.165) is 68.6 Å². The van der Waals surface area contributed by atoms with Crippen LogP contribution in [0.25, 0.3) is 11.0 Å². The van der Waals surface area contributed by atoms with Gasteiger partial charge >= 0.3 is 0 Å². The summed E-state index contributed by atoms with van der Waals surface area (Å²) in [6.45, 7) is 9.70. The van der Waals surface area contributed by atoms with Crippen molar-refractivity contribution in [2.24, 2.45) is 4.99 Å². The fourth-order valence-electron chi connectivity index (χ4n) is 3.22. The second kappa shape index (κ2) is 8.51. The molecule has 0 radical (unpaired) electrons. The summed E-state index contributed by atoms with van der Waals surface area (Å²) in [7, 11) is 1.80. The maximum absolute atomic E-state index is 5.45. The number of H-pyrrole nitrogens is 1. The van der Waals surface area contributed by atoms with E-state index in [1.165, 1.54) is 0 Å². The highest BCUT2D eigenvalue weighted by Gasteiger charge is 2.28. The molecule has 1 aromatic heterocycles. The van der Waals surface area contributed by atoms with Crippen LogP contribution in [0.1, 0.15) is 19.7 Å². The van der Waals surface area contributed by atoms with E-state index in [2.05, 4.69) is 44.3 Å². The van der Waals surface area contributed by atoms with Crippen LogP contribution in [-0.2, 0) is 11.2 Å². The van der Waals surface area contributed by atoms with E-state index in [9.17, 15) is 0 Å². The molecule has 26 heavy (non-hydrogen) atoms. The van der Waals surface area contributed by atoms with Crippen LogP contribution in [0.15, 0.2) is 29.3 Å². The van der Waals surface area contributed by atoms with Gasteiger partial charge in [-0.2, -0.15) is 0 Å². The maximum atomic E-state index is 5.45. The predicted octanol–water partition coefficient (Wildman–Crippen LogP) is 1.38. The van der Waals surface area contributed by atoms with E-state index in [1.807, 2.05) is 24.3 Å². The zero-order chi connectivity index (χ0) is 18.4. The third-order valence-corrected chi connectivity index (χ3v) is 4.87. The highest BCUT2D eigenvalue weighted by atomic mass is 16.5. The van der Waals surface area contributed by atoms with E-state index in [0.29, 0.717) is 0 Å². The molecule has 1 aromatic carbocycles. The van der Waals surface area contributed by atoms with Crippen molar-refractivity contribution < 1.29 is 4.74 Å². The van der Waals surface area contributed by atoms with Crippen molar-refractivity contribution >= 4 is 17.0 Å². The molecule has 1 saturated heterocycles. The van der Waals surface area contributed by atoms with Gasteiger partial charge in [0.2, 0.25) is 0 Å². The van der Waals surface area contributed by atoms with E-state index < -0.39 is 0 Å². The first kappa shape index (κ1) is 18.7. The molecule has 0 spiro atoms. The van der Waals surface area contributed by atoms with Crippen molar-refractivity contribution in [2.45, 2.75) is 25.8 Å². The lowest BCUT2D eigenvalue weighted by Gasteiger charge is -2.41. The smallest absolute Gasteiger partial charge is 0.191 e. The molecule has 2 aromatic rings. The SMILES string of the molecule is CN=C(NCCc1nc2ccccc2[nH]1)NCC(C)(C)N1CCOCC1. The molecule has 0 atom stereocenters. The number of ether oxygens (including phenoxy) is 1. The second-order valence-corrected chi connectivity index (χ2v) is 7.22. The summed E-state index contributed by atoms with van der Waals surface area (Å²) >= 11 is 0. The quantitative estimate of drug-likeness (QED) is 0.537. The minimum atomic E-state index is 0.0557. The van der Waals surface area contributed by atoms with Gasteiger partial charge < -0.3 is 20.4 Å². The number of hydrogen-bond acceptors (Lipinski definition) is 4. The number of imidazole rings is 1. The Morgan fingerprint density at radius 2 is 2.04 bits per heavy atom. The highest BCUT2D eigenvalue weighted by Crippen LogP contribution is 2.15. The van der Waals surface area contributed by atoms with Gasteiger partial charge in [-0.3, -0.25) is 9.89 Å². The topological polar surface area (TPSA) is 77.6 Å². The van der Waals surface area contributed by atoms with Crippen LogP contribution >= 0.6 is 0 Å². The Labute approximate surface area is 155 Å². The summed E-state index contributed by atoms with van der Waals surface area (Å²) < 4.78 is 5.45. The molecule has 0 unspecified atom stereocenters. The van der Waals surface area contributed by atoms with E-state index >= 15 is 0 Å². The Balaban J connectivity index is 1.45. The van der Waals surface area contributed by atoms with Crippen LogP contribution in [0.5, 0.6) is 0 Å². The maximum Gasteiger partial charge on any atom is 0.191 e. The van der Waals surface area contributed by atoms with Crippen LogP contribution in [0.4, 0.5) is 0 Å². The van der Waals surface area contributed by atoms with Crippen molar-refractivity contribution in [3.05, 3.63) is 30.1 Å². The lowest BCUT2D eigenvalue weighted by molar-refractivity contribution is -0.00833. The Morgan fingerprint density at radius 1 is 1.27 bits per heavy atom. The molecule has 0 aliphatic carbocycles. The second-order valence-electron chi connectivity index (χ2n) is 7.22. The lowest BCUT2D eigenvalue weighted by atomic mass is 10.0. The normalized spacial score (nSPS) is 16.8. The summed E-state index contributed by atoms with van der Waals surface area (Å²) in [4.78, 5) is 14.8. The van der Waals surface area contributed by atoms with Crippen molar-refractivity contribution in [2.75, 3.05) is 46.4 Å². The minimum Gasteiger partial charge on any atom is -0.379 e. The Bertz CT molecular complexity index is 699. The molecule has 1 fully saturated rings. The molecular formula is C19H30N6O. The van der Waals surface area contributed by atoms with Crippen molar-refractivity contribution in [3.63, 3.8) is 0 Å². The Kier molecular flexibility index (Phi) is 6.11. The van der Waals surface area contributed by atoms with Crippen LogP contribution in [0.3, 0.4) is 0 Å². The average molecular weight is 358 g/mol. The van der Waals surface area contributed by atoms with Gasteiger partial charge in [0.15, 0.2) is 5.96 Å². The van der Waals surface area contributed by atoms with Crippen molar-refractivity contribution in [3.8, 4) is 0 Å². The van der Waals surface area contributed by atoms with Crippen LogP contribution in [0.2, 0.25) is 0 Å². The monoisotopic (exact) mass is 358 g/mol. The first-order chi connectivity index (χ1) is 12.6. The number of aliphatic imine (C=N–C) groups is 1. The number of benzene rings is 1. The third-order valence-electron chi connectivity index (χ3n) is 4.87. The fourth-order valence-corrected chi connectivity index (χ4v) is 3.22. The lowest BCUT2D eigenvalue weighted by Crippen LogP contribution is -2.56. The molecule has 0 bridgehead atoms. The number of guanidine groups is 1. The van der Waals surface area contributed by atoms with Crippen LogP contribution in [0, 0.1) is 0 Å². The first-order valence-corrected chi connectivity index (χ1v) is 9.29. The summed E-state index contributed by atoms with van der Waals surface area (Å²) in [5.41, 5.74) is 2.15.